The highest BCUT2D eigenvalue weighted by Gasteiger charge is 2.37. The molecule has 0 aromatic heterocycles. The molecule has 2 amide bonds. The highest BCUT2D eigenvalue weighted by atomic mass is 32.2. The number of ether oxygens (including phenoxy) is 1. The molecule has 2 heterocycles. The van der Waals surface area contributed by atoms with Crippen LogP contribution in [0.25, 0.3) is 0 Å². The first-order chi connectivity index (χ1) is 12.4. The van der Waals surface area contributed by atoms with E-state index < -0.39 is 10.2 Å². The maximum atomic E-state index is 12.9. The van der Waals surface area contributed by atoms with Gasteiger partial charge in [-0.15, -0.1) is 0 Å². The van der Waals surface area contributed by atoms with E-state index in [0.717, 1.165) is 12.8 Å². The molecule has 8 nitrogen and oxygen atoms in total. The number of nitrogens with zero attached hydrogens (tertiary/aromatic N) is 3. The Kier molecular flexibility index (Phi) is 6.42. The molecule has 2 atom stereocenters. The van der Waals surface area contributed by atoms with Crippen molar-refractivity contribution in [3.63, 3.8) is 0 Å². The Hall–Kier alpha value is -0.900. The average Bonchev–Trinajstić information content (AvgIpc) is 2.62. The number of morpholine rings is 1. The molecule has 0 aromatic rings. The van der Waals surface area contributed by atoms with Crippen LogP contribution in [-0.2, 0) is 14.9 Å². The van der Waals surface area contributed by atoms with Crippen molar-refractivity contribution in [2.75, 3.05) is 39.3 Å². The number of nitrogens with one attached hydrogen (secondary N) is 1. The Morgan fingerprint density at radius 2 is 1.50 bits per heavy atom. The third-order valence-corrected chi connectivity index (χ3v) is 7.47. The van der Waals surface area contributed by atoms with E-state index in [-0.39, 0.29) is 24.3 Å². The summed E-state index contributed by atoms with van der Waals surface area (Å²) < 4.78 is 34.5. The van der Waals surface area contributed by atoms with Crippen molar-refractivity contribution in [3.8, 4) is 0 Å². The standard InChI is InChI=1S/C17H32N4O4S/c1-14-12-21(13-15(2)25-14)26(23,24)20-10-8-19(9-11-20)17(22)18-16-6-4-3-5-7-16/h14-16H,3-13H2,1-2H3,(H,18,22)/t14-,15+. The minimum absolute atomic E-state index is 0.0532. The molecule has 9 heteroatoms. The smallest absolute Gasteiger partial charge is 0.317 e. The normalized spacial score (nSPS) is 30.3. The van der Waals surface area contributed by atoms with E-state index in [4.69, 9.17) is 4.74 Å². The van der Waals surface area contributed by atoms with Crippen LogP contribution in [0, 0.1) is 0 Å². The summed E-state index contributed by atoms with van der Waals surface area (Å²) in [7, 11) is -3.50. The predicted molar refractivity (Wildman–Crippen MR) is 99.1 cm³/mol. The molecule has 150 valence electrons. The second-order valence-electron chi connectivity index (χ2n) is 7.75. The Morgan fingerprint density at radius 1 is 0.923 bits per heavy atom. The maximum absolute atomic E-state index is 12.9. The molecule has 3 rings (SSSR count). The number of amides is 2. The van der Waals surface area contributed by atoms with Crippen molar-refractivity contribution in [2.45, 2.75) is 64.2 Å². The van der Waals surface area contributed by atoms with Crippen molar-refractivity contribution in [1.29, 1.82) is 0 Å². The monoisotopic (exact) mass is 388 g/mol. The second-order valence-corrected chi connectivity index (χ2v) is 9.68. The van der Waals surface area contributed by atoms with Gasteiger partial charge in [0.25, 0.3) is 10.2 Å². The lowest BCUT2D eigenvalue weighted by atomic mass is 9.96. The molecule has 1 aliphatic carbocycles. The van der Waals surface area contributed by atoms with Crippen molar-refractivity contribution >= 4 is 16.2 Å². The van der Waals surface area contributed by atoms with Gasteiger partial charge in [0.05, 0.1) is 12.2 Å². The first-order valence-electron chi connectivity index (χ1n) is 9.82. The minimum Gasteiger partial charge on any atom is -0.373 e. The summed E-state index contributed by atoms with van der Waals surface area (Å²) >= 11 is 0. The predicted octanol–water partition coefficient (Wildman–Crippen LogP) is 1.00. The number of hydrogen-bond acceptors (Lipinski definition) is 4. The molecule has 0 bridgehead atoms. The van der Waals surface area contributed by atoms with Gasteiger partial charge in [0.15, 0.2) is 0 Å². The van der Waals surface area contributed by atoms with Crippen molar-refractivity contribution < 1.29 is 17.9 Å². The van der Waals surface area contributed by atoms with Crippen LogP contribution in [-0.4, -0.2) is 85.5 Å². The van der Waals surface area contributed by atoms with Crippen LogP contribution in [0.3, 0.4) is 0 Å². The van der Waals surface area contributed by atoms with Crippen molar-refractivity contribution in [2.24, 2.45) is 0 Å². The number of carbonyl (C=O) groups excluding carboxylic acids is 1. The number of hydrogen-bond donors (Lipinski definition) is 1. The van der Waals surface area contributed by atoms with Crippen molar-refractivity contribution in [3.05, 3.63) is 0 Å². The molecular weight excluding hydrogens is 356 g/mol. The van der Waals surface area contributed by atoms with E-state index in [0.29, 0.717) is 39.3 Å². The molecule has 1 N–H and O–H groups in total. The van der Waals surface area contributed by atoms with E-state index in [9.17, 15) is 13.2 Å². The zero-order valence-electron chi connectivity index (χ0n) is 15.9. The van der Waals surface area contributed by atoms with Gasteiger partial charge in [-0.25, -0.2) is 4.79 Å². The summed E-state index contributed by atoms with van der Waals surface area (Å²) in [6, 6.07) is 0.219. The largest absolute Gasteiger partial charge is 0.373 e. The Balaban J connectivity index is 1.51. The molecule has 0 aromatic carbocycles. The Labute approximate surface area is 157 Å². The molecule has 3 fully saturated rings. The minimum atomic E-state index is -3.50. The van der Waals surface area contributed by atoms with Crippen LogP contribution in [0.5, 0.6) is 0 Å². The molecule has 3 aliphatic rings. The Bertz CT molecular complexity index is 576. The first kappa shape index (κ1) is 19.9. The second kappa shape index (κ2) is 8.41. The molecule has 0 unspecified atom stereocenters. The molecule has 26 heavy (non-hydrogen) atoms. The summed E-state index contributed by atoms with van der Waals surface area (Å²) in [5.74, 6) is 0. The molecule has 1 saturated carbocycles. The average molecular weight is 389 g/mol. The summed E-state index contributed by atoms with van der Waals surface area (Å²) in [5.41, 5.74) is 0. The van der Waals surface area contributed by atoms with E-state index in [1.165, 1.54) is 27.9 Å². The lowest BCUT2D eigenvalue weighted by Crippen LogP contribution is -2.59. The highest BCUT2D eigenvalue weighted by Crippen LogP contribution is 2.20. The summed E-state index contributed by atoms with van der Waals surface area (Å²) in [5, 5.41) is 3.11. The van der Waals surface area contributed by atoms with E-state index in [1.54, 1.807) is 4.90 Å². The van der Waals surface area contributed by atoms with E-state index >= 15 is 0 Å². The topological polar surface area (TPSA) is 82.2 Å². The zero-order valence-corrected chi connectivity index (χ0v) is 16.7. The fourth-order valence-electron chi connectivity index (χ4n) is 4.12. The molecule has 2 saturated heterocycles. The van der Waals surface area contributed by atoms with Gasteiger partial charge in [0, 0.05) is 45.3 Å². The van der Waals surface area contributed by atoms with Crippen LogP contribution in [0.15, 0.2) is 0 Å². The third kappa shape index (κ3) is 4.68. The van der Waals surface area contributed by atoms with Crippen molar-refractivity contribution in [1.82, 2.24) is 18.8 Å². The quantitative estimate of drug-likeness (QED) is 0.782. The number of piperazine rings is 1. The number of urea groups is 1. The van der Waals surface area contributed by atoms with Gasteiger partial charge < -0.3 is 15.0 Å². The van der Waals surface area contributed by atoms with Crippen LogP contribution in [0.1, 0.15) is 46.0 Å². The van der Waals surface area contributed by atoms with Gasteiger partial charge in [0.2, 0.25) is 0 Å². The fourth-order valence-corrected chi connectivity index (χ4v) is 5.87. The summed E-state index contributed by atoms with van der Waals surface area (Å²) in [6.07, 6.45) is 5.50. The van der Waals surface area contributed by atoms with Gasteiger partial charge in [-0.3, -0.25) is 0 Å². The van der Waals surface area contributed by atoms with Gasteiger partial charge >= 0.3 is 6.03 Å². The van der Waals surface area contributed by atoms with Crippen LogP contribution < -0.4 is 5.32 Å². The Morgan fingerprint density at radius 3 is 2.08 bits per heavy atom. The third-order valence-electron chi connectivity index (χ3n) is 5.50. The molecule has 0 radical (unpaired) electrons. The molecule has 2 aliphatic heterocycles. The molecular formula is C17H32N4O4S. The summed E-state index contributed by atoms with van der Waals surface area (Å²) in [4.78, 5) is 14.2. The lowest BCUT2D eigenvalue weighted by Gasteiger charge is -2.40. The van der Waals surface area contributed by atoms with E-state index in [2.05, 4.69) is 5.32 Å². The highest BCUT2D eigenvalue weighted by molar-refractivity contribution is 7.86. The zero-order chi connectivity index (χ0) is 18.7. The van der Waals surface area contributed by atoms with Gasteiger partial charge in [-0.1, -0.05) is 19.3 Å². The van der Waals surface area contributed by atoms with Crippen LogP contribution in [0.2, 0.25) is 0 Å². The number of carbonyl (C=O) groups is 1. The fraction of sp³-hybridized carbons (Fsp3) is 0.941. The van der Waals surface area contributed by atoms with E-state index in [1.807, 2.05) is 13.8 Å². The maximum Gasteiger partial charge on any atom is 0.317 e. The van der Waals surface area contributed by atoms with Gasteiger partial charge in [0.1, 0.15) is 0 Å². The lowest BCUT2D eigenvalue weighted by molar-refractivity contribution is -0.0456. The first-order valence-corrected chi connectivity index (χ1v) is 11.2. The van der Waals surface area contributed by atoms with Crippen LogP contribution in [0.4, 0.5) is 4.79 Å². The van der Waals surface area contributed by atoms with Crippen LogP contribution >= 0.6 is 0 Å². The number of rotatable bonds is 3. The molecule has 0 spiro atoms. The van der Waals surface area contributed by atoms with Gasteiger partial charge in [-0.05, 0) is 26.7 Å². The van der Waals surface area contributed by atoms with Gasteiger partial charge in [-0.2, -0.15) is 17.0 Å². The summed E-state index contributed by atoms with van der Waals surface area (Å²) in [6.45, 7) is 6.13. The SMILES string of the molecule is C[C@@H]1CN(S(=O)(=O)N2CCN(C(=O)NC3CCCCC3)CC2)C[C@H](C)O1.